The van der Waals surface area contributed by atoms with Gasteiger partial charge in [-0.1, -0.05) is 0 Å². The Morgan fingerprint density at radius 3 is 2.67 bits per heavy atom. The molecule has 1 aliphatic rings. The van der Waals surface area contributed by atoms with E-state index >= 15 is 0 Å². The zero-order valence-corrected chi connectivity index (χ0v) is 11.4. The van der Waals surface area contributed by atoms with Gasteiger partial charge < -0.3 is 30.5 Å². The second kappa shape index (κ2) is 5.81. The van der Waals surface area contributed by atoms with Crippen LogP contribution in [0.25, 0.3) is 0 Å². The zero-order valence-electron chi connectivity index (χ0n) is 10.5. The van der Waals surface area contributed by atoms with Gasteiger partial charge >= 0.3 is 13.5 Å². The summed E-state index contributed by atoms with van der Waals surface area (Å²) in [5.41, 5.74) is 4.52. The van der Waals surface area contributed by atoms with E-state index in [1.165, 1.54) is 12.3 Å². The molecule has 0 aliphatic carbocycles. The third-order valence-corrected chi connectivity index (χ3v) is 3.36. The molecule has 11 nitrogen and oxygen atoms in total. The van der Waals surface area contributed by atoms with Gasteiger partial charge in [0.15, 0.2) is 6.23 Å². The molecule has 0 aromatic carbocycles. The molecular formula is C9H14N3O8P. The fraction of sp³-hybridized carbons (Fsp3) is 0.556. The summed E-state index contributed by atoms with van der Waals surface area (Å²) in [5.74, 6) is -0.0225. The Morgan fingerprint density at radius 1 is 1.43 bits per heavy atom. The van der Waals surface area contributed by atoms with E-state index in [0.29, 0.717) is 0 Å². The van der Waals surface area contributed by atoms with Crippen LogP contribution >= 0.6 is 7.82 Å². The van der Waals surface area contributed by atoms with Gasteiger partial charge in [0.2, 0.25) is 0 Å². The summed E-state index contributed by atoms with van der Waals surface area (Å²) in [6.45, 7) is -0.657. The van der Waals surface area contributed by atoms with Gasteiger partial charge in [0, 0.05) is 6.20 Å². The minimum atomic E-state index is -4.74. The van der Waals surface area contributed by atoms with Crippen molar-refractivity contribution in [2.45, 2.75) is 24.5 Å². The van der Waals surface area contributed by atoms with Crippen molar-refractivity contribution in [3.63, 3.8) is 0 Å². The maximum atomic E-state index is 11.6. The normalized spacial score (nSPS) is 29.7. The lowest BCUT2D eigenvalue weighted by molar-refractivity contribution is -0.0542. The lowest BCUT2D eigenvalue weighted by Crippen LogP contribution is -2.36. The summed E-state index contributed by atoms with van der Waals surface area (Å²) in [6.07, 6.45) is -4.27. The number of nitrogens with two attached hydrogens (primary N) is 1. The van der Waals surface area contributed by atoms with Gasteiger partial charge in [0.25, 0.3) is 0 Å². The topological polar surface area (TPSA) is 177 Å². The number of hydrogen-bond donors (Lipinski definition) is 5. The minimum absolute atomic E-state index is 0.0225. The summed E-state index contributed by atoms with van der Waals surface area (Å²) < 4.78 is 20.9. The first-order chi connectivity index (χ1) is 9.69. The molecule has 6 N–H and O–H groups in total. The number of hydrogen-bond acceptors (Lipinski definition) is 8. The fourth-order valence-corrected chi connectivity index (χ4v) is 2.23. The molecule has 2 heterocycles. The summed E-state index contributed by atoms with van der Waals surface area (Å²) in [5, 5.41) is 19.6. The van der Waals surface area contributed by atoms with Crippen molar-refractivity contribution in [2.75, 3.05) is 12.3 Å². The number of aliphatic hydroxyl groups excluding tert-OH is 2. The Hall–Kier alpha value is -1.33. The minimum Gasteiger partial charge on any atom is -0.387 e. The Balaban J connectivity index is 2.16. The van der Waals surface area contributed by atoms with E-state index in [4.69, 9.17) is 20.3 Å². The third kappa shape index (κ3) is 3.66. The van der Waals surface area contributed by atoms with E-state index in [-0.39, 0.29) is 5.82 Å². The molecule has 4 atom stereocenters. The van der Waals surface area contributed by atoms with Gasteiger partial charge in [-0.2, -0.15) is 4.98 Å². The van der Waals surface area contributed by atoms with E-state index in [2.05, 4.69) is 9.51 Å². The van der Waals surface area contributed by atoms with Crippen LogP contribution in [0.2, 0.25) is 0 Å². The highest BCUT2D eigenvalue weighted by molar-refractivity contribution is 7.46. The maximum Gasteiger partial charge on any atom is 0.469 e. The molecule has 0 unspecified atom stereocenters. The summed E-state index contributed by atoms with van der Waals surface area (Å²) in [7, 11) is -4.74. The van der Waals surface area contributed by atoms with Gasteiger partial charge in [0.05, 0.1) is 6.61 Å². The van der Waals surface area contributed by atoms with Crippen molar-refractivity contribution in [2.24, 2.45) is 0 Å². The summed E-state index contributed by atoms with van der Waals surface area (Å²) >= 11 is 0. The third-order valence-electron chi connectivity index (χ3n) is 2.87. The number of aliphatic hydroxyl groups is 2. The van der Waals surface area contributed by atoms with Crippen LogP contribution in [0.1, 0.15) is 6.23 Å². The Labute approximate surface area is 117 Å². The van der Waals surface area contributed by atoms with E-state index in [1.807, 2.05) is 0 Å². The van der Waals surface area contributed by atoms with Crippen LogP contribution in [-0.2, 0) is 13.8 Å². The predicted molar refractivity (Wildman–Crippen MR) is 66.8 cm³/mol. The van der Waals surface area contributed by atoms with Crippen LogP contribution in [-0.4, -0.2) is 54.5 Å². The highest BCUT2D eigenvalue weighted by Gasteiger charge is 2.44. The van der Waals surface area contributed by atoms with Gasteiger partial charge in [-0.3, -0.25) is 9.09 Å². The van der Waals surface area contributed by atoms with Crippen LogP contribution in [0.5, 0.6) is 0 Å². The molecule has 21 heavy (non-hydrogen) atoms. The van der Waals surface area contributed by atoms with Crippen molar-refractivity contribution in [3.05, 3.63) is 22.7 Å². The molecule has 1 saturated heterocycles. The average molecular weight is 323 g/mol. The molecule has 12 heteroatoms. The molecule has 0 amide bonds. The second-order valence-electron chi connectivity index (χ2n) is 4.37. The molecule has 0 saturated carbocycles. The average Bonchev–Trinajstić information content (AvgIpc) is 2.64. The predicted octanol–water partition coefficient (Wildman–Crippen LogP) is -2.45. The molecule has 1 aromatic heterocycles. The number of anilines is 1. The quantitative estimate of drug-likeness (QED) is 0.374. The number of nitrogen functional groups attached to an aromatic ring is 1. The van der Waals surface area contributed by atoms with Crippen molar-refractivity contribution in [1.29, 1.82) is 0 Å². The number of aromatic nitrogens is 2. The van der Waals surface area contributed by atoms with Crippen LogP contribution in [0.3, 0.4) is 0 Å². The number of rotatable bonds is 4. The standard InChI is InChI=1S/C9H14N3O8P/c10-5-1-2-12(9(15)11-5)8-7(14)6(13)4(20-8)3-19-21(16,17)18/h1-2,4,6-8,13-14H,3H2,(H2,10,11,15)(H2,16,17,18)/t4-,6+,7-,8-/m1/s1. The van der Waals surface area contributed by atoms with Crippen molar-refractivity contribution in [3.8, 4) is 0 Å². The SMILES string of the molecule is Nc1ccn([C@@H]2O[C@H](COP(=O)(O)O)[C@H](O)[C@H]2O)c(=O)n1. The smallest absolute Gasteiger partial charge is 0.387 e. The molecule has 118 valence electrons. The van der Waals surface area contributed by atoms with E-state index in [9.17, 15) is 19.6 Å². The van der Waals surface area contributed by atoms with Crippen LogP contribution in [0.4, 0.5) is 5.82 Å². The zero-order chi connectivity index (χ0) is 15.8. The first-order valence-electron chi connectivity index (χ1n) is 5.75. The Kier molecular flexibility index (Phi) is 4.44. The van der Waals surface area contributed by atoms with Gasteiger partial charge in [0.1, 0.15) is 24.1 Å². The number of phosphoric ester groups is 1. The molecule has 0 bridgehead atoms. The lowest BCUT2D eigenvalue weighted by atomic mass is 10.1. The number of nitrogens with zero attached hydrogens (tertiary/aromatic N) is 2. The van der Waals surface area contributed by atoms with E-state index in [0.717, 1.165) is 4.57 Å². The van der Waals surface area contributed by atoms with E-state index < -0.39 is 44.7 Å². The van der Waals surface area contributed by atoms with Crippen molar-refractivity contribution >= 4 is 13.6 Å². The Bertz CT molecular complexity index is 615. The maximum absolute atomic E-state index is 11.6. The summed E-state index contributed by atoms with van der Waals surface area (Å²) in [6, 6.07) is 1.29. The fourth-order valence-electron chi connectivity index (χ4n) is 1.89. The van der Waals surface area contributed by atoms with Crippen LogP contribution in [0, 0.1) is 0 Å². The molecule has 1 fully saturated rings. The Morgan fingerprint density at radius 2 is 2.10 bits per heavy atom. The molecule has 0 spiro atoms. The molecule has 1 aromatic rings. The highest BCUT2D eigenvalue weighted by atomic mass is 31.2. The number of ether oxygens (including phenoxy) is 1. The molecule has 2 rings (SSSR count). The van der Waals surface area contributed by atoms with Crippen LogP contribution in [0.15, 0.2) is 17.1 Å². The number of phosphoric acid groups is 1. The van der Waals surface area contributed by atoms with Gasteiger partial charge in [-0.25, -0.2) is 9.36 Å². The van der Waals surface area contributed by atoms with Crippen molar-refractivity contribution < 1.29 is 33.8 Å². The van der Waals surface area contributed by atoms with Gasteiger partial charge in [-0.05, 0) is 6.07 Å². The molecular weight excluding hydrogens is 309 g/mol. The molecule has 1 aliphatic heterocycles. The second-order valence-corrected chi connectivity index (χ2v) is 5.61. The van der Waals surface area contributed by atoms with E-state index in [1.54, 1.807) is 0 Å². The largest absolute Gasteiger partial charge is 0.469 e. The molecule has 0 radical (unpaired) electrons. The lowest BCUT2D eigenvalue weighted by Gasteiger charge is -2.16. The monoisotopic (exact) mass is 323 g/mol. The van der Waals surface area contributed by atoms with Gasteiger partial charge in [-0.15, -0.1) is 0 Å². The first kappa shape index (κ1) is 16.0. The summed E-state index contributed by atoms with van der Waals surface area (Å²) in [4.78, 5) is 32.3. The van der Waals surface area contributed by atoms with Crippen LogP contribution < -0.4 is 11.4 Å². The van der Waals surface area contributed by atoms with Crippen molar-refractivity contribution in [1.82, 2.24) is 9.55 Å². The first-order valence-corrected chi connectivity index (χ1v) is 7.28. The highest BCUT2D eigenvalue weighted by Crippen LogP contribution is 2.38.